The predicted octanol–water partition coefficient (Wildman–Crippen LogP) is 1.74. The zero-order valence-electron chi connectivity index (χ0n) is 11.2. The van der Waals surface area contributed by atoms with E-state index in [9.17, 15) is 9.59 Å². The van der Waals surface area contributed by atoms with Crippen LogP contribution in [-0.2, 0) is 9.53 Å². The van der Waals surface area contributed by atoms with Gasteiger partial charge in [0, 0.05) is 13.1 Å². The van der Waals surface area contributed by atoms with Crippen molar-refractivity contribution in [3.63, 3.8) is 0 Å². The molecule has 2 amide bonds. The lowest BCUT2D eigenvalue weighted by Gasteiger charge is -2.28. The standard InChI is InChI=1S/C12H21ClN2O3/c1-12(2,3)18-11(17)15-6-4-5-9(15)8-14-10(16)7-13/h9H,4-8H2,1-3H3,(H,14,16). The molecule has 0 saturated carbocycles. The average molecular weight is 277 g/mol. The van der Waals surface area contributed by atoms with E-state index in [0.29, 0.717) is 13.1 Å². The first kappa shape index (κ1) is 15.1. The van der Waals surface area contributed by atoms with Gasteiger partial charge in [-0.25, -0.2) is 4.79 Å². The molecule has 0 aliphatic carbocycles. The van der Waals surface area contributed by atoms with Gasteiger partial charge in [-0.05, 0) is 33.6 Å². The van der Waals surface area contributed by atoms with Gasteiger partial charge < -0.3 is 15.0 Å². The summed E-state index contributed by atoms with van der Waals surface area (Å²) < 4.78 is 5.33. The number of rotatable bonds is 3. The van der Waals surface area contributed by atoms with E-state index in [0.717, 1.165) is 12.8 Å². The molecule has 1 N–H and O–H groups in total. The van der Waals surface area contributed by atoms with E-state index < -0.39 is 5.60 Å². The summed E-state index contributed by atoms with van der Waals surface area (Å²) in [5, 5.41) is 2.70. The molecule has 1 fully saturated rings. The van der Waals surface area contributed by atoms with E-state index in [4.69, 9.17) is 16.3 Å². The average Bonchev–Trinajstić information content (AvgIpc) is 2.71. The number of hydrogen-bond donors (Lipinski definition) is 1. The molecule has 1 atom stereocenters. The van der Waals surface area contributed by atoms with Crippen LogP contribution in [0.25, 0.3) is 0 Å². The molecule has 6 heteroatoms. The Bertz CT molecular complexity index is 315. The fraction of sp³-hybridized carbons (Fsp3) is 0.833. The Morgan fingerprint density at radius 1 is 1.44 bits per heavy atom. The highest BCUT2D eigenvalue weighted by molar-refractivity contribution is 6.27. The summed E-state index contributed by atoms with van der Waals surface area (Å²) in [7, 11) is 0. The lowest BCUT2D eigenvalue weighted by atomic mass is 10.2. The molecule has 0 radical (unpaired) electrons. The Hall–Kier alpha value is -0.970. The zero-order valence-corrected chi connectivity index (χ0v) is 11.9. The van der Waals surface area contributed by atoms with Crippen LogP contribution < -0.4 is 5.32 Å². The van der Waals surface area contributed by atoms with Crippen molar-refractivity contribution in [1.82, 2.24) is 10.2 Å². The summed E-state index contributed by atoms with van der Waals surface area (Å²) >= 11 is 5.41. The molecule has 1 heterocycles. The van der Waals surface area contributed by atoms with E-state index >= 15 is 0 Å². The number of ether oxygens (including phenoxy) is 1. The first-order valence-electron chi connectivity index (χ1n) is 6.16. The van der Waals surface area contributed by atoms with Crippen molar-refractivity contribution in [2.45, 2.75) is 45.3 Å². The monoisotopic (exact) mass is 276 g/mol. The van der Waals surface area contributed by atoms with Gasteiger partial charge in [0.25, 0.3) is 0 Å². The quantitative estimate of drug-likeness (QED) is 0.799. The highest BCUT2D eigenvalue weighted by atomic mass is 35.5. The van der Waals surface area contributed by atoms with E-state index in [1.54, 1.807) is 4.90 Å². The van der Waals surface area contributed by atoms with Gasteiger partial charge >= 0.3 is 6.09 Å². The first-order valence-corrected chi connectivity index (χ1v) is 6.69. The van der Waals surface area contributed by atoms with Crippen molar-refractivity contribution >= 4 is 23.6 Å². The van der Waals surface area contributed by atoms with Crippen LogP contribution in [0.15, 0.2) is 0 Å². The summed E-state index contributed by atoms with van der Waals surface area (Å²) in [6.45, 7) is 6.63. The number of likely N-dealkylation sites (tertiary alicyclic amines) is 1. The number of nitrogens with one attached hydrogen (secondary N) is 1. The van der Waals surface area contributed by atoms with Crippen LogP contribution in [-0.4, -0.2) is 47.5 Å². The molecular weight excluding hydrogens is 256 g/mol. The number of amides is 2. The smallest absolute Gasteiger partial charge is 0.410 e. The molecular formula is C12H21ClN2O3. The van der Waals surface area contributed by atoms with Gasteiger partial charge in [0.2, 0.25) is 5.91 Å². The fourth-order valence-corrected chi connectivity index (χ4v) is 1.98. The summed E-state index contributed by atoms with van der Waals surface area (Å²) in [6.07, 6.45) is 1.49. The molecule has 0 aromatic heterocycles. The SMILES string of the molecule is CC(C)(C)OC(=O)N1CCCC1CNC(=O)CCl. The van der Waals surface area contributed by atoms with Crippen molar-refractivity contribution < 1.29 is 14.3 Å². The van der Waals surface area contributed by atoms with E-state index in [1.165, 1.54) is 0 Å². The molecule has 1 aliphatic rings. The molecule has 0 spiro atoms. The van der Waals surface area contributed by atoms with E-state index in [1.807, 2.05) is 20.8 Å². The van der Waals surface area contributed by atoms with Crippen LogP contribution in [0.2, 0.25) is 0 Å². The van der Waals surface area contributed by atoms with Crippen LogP contribution in [0, 0.1) is 0 Å². The van der Waals surface area contributed by atoms with Crippen LogP contribution in [0.3, 0.4) is 0 Å². The first-order chi connectivity index (χ1) is 8.33. The van der Waals surface area contributed by atoms with Crippen LogP contribution in [0.4, 0.5) is 4.79 Å². The topological polar surface area (TPSA) is 58.6 Å². The maximum absolute atomic E-state index is 12.0. The number of carbonyl (C=O) groups excluding carboxylic acids is 2. The van der Waals surface area contributed by atoms with Gasteiger partial charge in [0.15, 0.2) is 0 Å². The number of hydrogen-bond acceptors (Lipinski definition) is 3. The number of nitrogens with zero attached hydrogens (tertiary/aromatic N) is 1. The van der Waals surface area contributed by atoms with Gasteiger partial charge in [0.1, 0.15) is 11.5 Å². The van der Waals surface area contributed by atoms with Gasteiger partial charge in [0.05, 0.1) is 6.04 Å². The highest BCUT2D eigenvalue weighted by Gasteiger charge is 2.32. The molecule has 1 saturated heterocycles. The molecule has 104 valence electrons. The minimum Gasteiger partial charge on any atom is -0.444 e. The molecule has 5 nitrogen and oxygen atoms in total. The minimum absolute atomic E-state index is 0.00650. The third-order valence-electron chi connectivity index (χ3n) is 2.66. The molecule has 0 aromatic carbocycles. The third kappa shape index (κ3) is 4.72. The lowest BCUT2D eigenvalue weighted by Crippen LogP contribution is -2.45. The highest BCUT2D eigenvalue weighted by Crippen LogP contribution is 2.20. The second-order valence-electron chi connectivity index (χ2n) is 5.41. The fourth-order valence-electron chi connectivity index (χ4n) is 1.89. The Kier molecular flexibility index (Phi) is 5.26. The van der Waals surface area contributed by atoms with Crippen LogP contribution in [0.1, 0.15) is 33.6 Å². The maximum atomic E-state index is 12.0. The van der Waals surface area contributed by atoms with Crippen molar-refractivity contribution in [3.05, 3.63) is 0 Å². The van der Waals surface area contributed by atoms with Crippen molar-refractivity contribution in [3.8, 4) is 0 Å². The molecule has 1 rings (SSSR count). The number of alkyl halides is 1. The Labute approximate surface area is 113 Å². The Balaban J connectivity index is 2.49. The maximum Gasteiger partial charge on any atom is 0.410 e. The molecule has 1 unspecified atom stereocenters. The van der Waals surface area contributed by atoms with Crippen LogP contribution in [0.5, 0.6) is 0 Å². The lowest BCUT2D eigenvalue weighted by molar-refractivity contribution is -0.118. The van der Waals surface area contributed by atoms with E-state index in [-0.39, 0.29) is 23.9 Å². The van der Waals surface area contributed by atoms with Gasteiger partial charge in [-0.2, -0.15) is 0 Å². The van der Waals surface area contributed by atoms with E-state index in [2.05, 4.69) is 5.32 Å². The molecule has 0 bridgehead atoms. The van der Waals surface area contributed by atoms with Gasteiger partial charge in [-0.15, -0.1) is 11.6 Å². The second kappa shape index (κ2) is 6.27. The van der Waals surface area contributed by atoms with Crippen molar-refractivity contribution in [2.24, 2.45) is 0 Å². The van der Waals surface area contributed by atoms with Crippen LogP contribution >= 0.6 is 11.6 Å². The molecule has 0 aromatic rings. The Morgan fingerprint density at radius 2 is 2.11 bits per heavy atom. The second-order valence-corrected chi connectivity index (χ2v) is 5.67. The summed E-state index contributed by atoms with van der Waals surface area (Å²) in [5.41, 5.74) is -0.496. The summed E-state index contributed by atoms with van der Waals surface area (Å²) in [5.74, 6) is -0.271. The summed E-state index contributed by atoms with van der Waals surface area (Å²) in [6, 6.07) is 0.00650. The van der Waals surface area contributed by atoms with Gasteiger partial charge in [-0.1, -0.05) is 0 Å². The number of halogens is 1. The predicted molar refractivity (Wildman–Crippen MR) is 69.7 cm³/mol. The zero-order chi connectivity index (χ0) is 13.8. The Morgan fingerprint density at radius 3 is 2.67 bits per heavy atom. The summed E-state index contributed by atoms with van der Waals surface area (Å²) in [4.78, 5) is 24.7. The van der Waals surface area contributed by atoms with Crippen molar-refractivity contribution in [1.29, 1.82) is 0 Å². The third-order valence-corrected chi connectivity index (χ3v) is 2.90. The minimum atomic E-state index is -0.496. The largest absolute Gasteiger partial charge is 0.444 e. The molecule has 1 aliphatic heterocycles. The number of carbonyl (C=O) groups is 2. The van der Waals surface area contributed by atoms with Gasteiger partial charge in [-0.3, -0.25) is 4.79 Å². The van der Waals surface area contributed by atoms with Crippen molar-refractivity contribution in [2.75, 3.05) is 19.0 Å². The normalized spacial score (nSPS) is 19.8. The molecule has 18 heavy (non-hydrogen) atoms.